The van der Waals surface area contributed by atoms with E-state index in [2.05, 4.69) is 11.8 Å². The van der Waals surface area contributed by atoms with Gasteiger partial charge in [0.2, 0.25) is 0 Å². The molecule has 112 valence electrons. The Morgan fingerprint density at radius 3 is 3.05 bits per heavy atom. The van der Waals surface area contributed by atoms with Crippen molar-refractivity contribution >= 4 is 5.91 Å². The molecular formula is C17H22N2O2. The lowest BCUT2D eigenvalue weighted by atomic mass is 10.1. The summed E-state index contributed by atoms with van der Waals surface area (Å²) < 4.78 is 5.59. The Hall–Kier alpha value is -1.83. The van der Waals surface area contributed by atoms with Crippen LogP contribution in [0.25, 0.3) is 0 Å². The predicted molar refractivity (Wildman–Crippen MR) is 83.0 cm³/mol. The van der Waals surface area contributed by atoms with Crippen LogP contribution in [0.15, 0.2) is 18.2 Å². The van der Waals surface area contributed by atoms with Crippen LogP contribution in [0.2, 0.25) is 0 Å². The third-order valence-corrected chi connectivity index (χ3v) is 3.40. The van der Waals surface area contributed by atoms with Gasteiger partial charge in [-0.15, -0.1) is 0 Å². The normalized spacial score (nSPS) is 18.6. The Kier molecular flexibility index (Phi) is 5.38. The molecule has 0 radical (unpaired) electrons. The molecule has 2 rings (SSSR count). The van der Waals surface area contributed by atoms with Crippen LogP contribution < -0.4 is 5.73 Å². The van der Waals surface area contributed by atoms with E-state index in [1.807, 2.05) is 36.9 Å². The van der Waals surface area contributed by atoms with Gasteiger partial charge in [-0.25, -0.2) is 0 Å². The molecule has 1 saturated heterocycles. The van der Waals surface area contributed by atoms with Crippen LogP contribution in [0.5, 0.6) is 0 Å². The molecule has 4 heteroatoms. The summed E-state index contributed by atoms with van der Waals surface area (Å²) in [7, 11) is 0. The van der Waals surface area contributed by atoms with Crippen LogP contribution in [0.1, 0.15) is 34.8 Å². The van der Waals surface area contributed by atoms with E-state index in [1.165, 1.54) is 0 Å². The minimum absolute atomic E-state index is 0.0480. The second-order valence-corrected chi connectivity index (χ2v) is 5.38. The van der Waals surface area contributed by atoms with E-state index in [4.69, 9.17) is 10.5 Å². The number of nitrogens with two attached hydrogens (primary N) is 1. The summed E-state index contributed by atoms with van der Waals surface area (Å²) in [4.78, 5) is 14.5. The first-order chi connectivity index (χ1) is 10.1. The highest BCUT2D eigenvalue weighted by Gasteiger charge is 2.21. The number of carbonyl (C=O) groups is 1. The fourth-order valence-corrected chi connectivity index (χ4v) is 2.49. The maximum atomic E-state index is 12.7. The van der Waals surface area contributed by atoms with Gasteiger partial charge < -0.3 is 15.4 Å². The van der Waals surface area contributed by atoms with Crippen molar-refractivity contribution in [1.29, 1.82) is 0 Å². The Bertz CT molecular complexity index is 572. The van der Waals surface area contributed by atoms with Gasteiger partial charge in [-0.05, 0) is 44.0 Å². The number of amides is 1. The van der Waals surface area contributed by atoms with Gasteiger partial charge in [0.25, 0.3) is 5.91 Å². The van der Waals surface area contributed by atoms with E-state index >= 15 is 0 Å². The number of hydrogen-bond donors (Lipinski definition) is 1. The van der Waals surface area contributed by atoms with Crippen LogP contribution in [0, 0.1) is 18.8 Å². The second kappa shape index (κ2) is 7.26. The summed E-state index contributed by atoms with van der Waals surface area (Å²) in [6.45, 7) is 6.38. The van der Waals surface area contributed by atoms with Crippen molar-refractivity contribution in [2.24, 2.45) is 5.73 Å². The molecule has 0 aromatic heterocycles. The summed E-state index contributed by atoms with van der Waals surface area (Å²) in [5.41, 5.74) is 7.95. The van der Waals surface area contributed by atoms with Crippen molar-refractivity contribution in [3.8, 4) is 11.8 Å². The van der Waals surface area contributed by atoms with E-state index < -0.39 is 0 Å². The molecule has 1 unspecified atom stereocenters. The zero-order chi connectivity index (χ0) is 15.2. The molecule has 0 spiro atoms. The summed E-state index contributed by atoms with van der Waals surface area (Å²) in [5.74, 6) is 5.87. The monoisotopic (exact) mass is 286 g/mol. The molecule has 1 aliphatic rings. The van der Waals surface area contributed by atoms with E-state index in [0.29, 0.717) is 25.3 Å². The predicted octanol–water partition coefficient (Wildman–Crippen LogP) is 1.56. The molecule has 4 nitrogen and oxygen atoms in total. The molecule has 2 N–H and O–H groups in total. The van der Waals surface area contributed by atoms with E-state index in [-0.39, 0.29) is 12.0 Å². The van der Waals surface area contributed by atoms with E-state index in [9.17, 15) is 4.79 Å². The van der Waals surface area contributed by atoms with Crippen LogP contribution in [0.3, 0.4) is 0 Å². The summed E-state index contributed by atoms with van der Waals surface area (Å²) in [6, 6.07) is 5.72. The highest BCUT2D eigenvalue weighted by Crippen LogP contribution is 2.14. The summed E-state index contributed by atoms with van der Waals surface area (Å²) in [5, 5.41) is 0. The third kappa shape index (κ3) is 4.32. The Labute approximate surface area is 126 Å². The van der Waals surface area contributed by atoms with Gasteiger partial charge in [0, 0.05) is 30.8 Å². The van der Waals surface area contributed by atoms with E-state index in [0.717, 1.165) is 24.1 Å². The lowest BCUT2D eigenvalue weighted by molar-refractivity contribution is 0.0562. The first kappa shape index (κ1) is 15.6. The first-order valence-electron chi connectivity index (χ1n) is 7.31. The zero-order valence-electron chi connectivity index (χ0n) is 12.7. The quantitative estimate of drug-likeness (QED) is 0.797. The fraction of sp³-hybridized carbons (Fsp3) is 0.471. The summed E-state index contributed by atoms with van der Waals surface area (Å²) in [6.07, 6.45) is 0.958. The van der Waals surface area contributed by atoms with Gasteiger partial charge >= 0.3 is 0 Å². The molecule has 1 aromatic rings. The van der Waals surface area contributed by atoms with Crippen LogP contribution in [-0.2, 0) is 4.74 Å². The molecule has 21 heavy (non-hydrogen) atoms. The van der Waals surface area contributed by atoms with Gasteiger partial charge in [0.1, 0.15) is 0 Å². The molecular weight excluding hydrogens is 264 g/mol. The van der Waals surface area contributed by atoms with Crippen molar-refractivity contribution in [2.75, 3.05) is 26.2 Å². The van der Waals surface area contributed by atoms with Crippen LogP contribution in [0.4, 0.5) is 0 Å². The highest BCUT2D eigenvalue weighted by atomic mass is 16.5. The van der Waals surface area contributed by atoms with Gasteiger partial charge in [-0.3, -0.25) is 4.79 Å². The zero-order valence-corrected chi connectivity index (χ0v) is 12.7. The molecule has 0 aliphatic carbocycles. The lowest BCUT2D eigenvalue weighted by Gasteiger charge is -2.22. The second-order valence-electron chi connectivity index (χ2n) is 5.38. The molecule has 1 fully saturated rings. The minimum Gasteiger partial charge on any atom is -0.377 e. The number of ether oxygens (including phenoxy) is 1. The molecule has 0 saturated carbocycles. The third-order valence-electron chi connectivity index (χ3n) is 3.40. The number of hydrogen-bond acceptors (Lipinski definition) is 3. The van der Waals surface area contributed by atoms with Gasteiger partial charge in [0.05, 0.1) is 12.6 Å². The number of rotatable bonds is 1. The SMILES string of the molecule is Cc1cc(C#CCN)cc(C(=O)N2CCCOC(C)C2)c1. The van der Waals surface area contributed by atoms with Crippen LogP contribution in [-0.4, -0.2) is 43.2 Å². The van der Waals surface area contributed by atoms with Gasteiger partial charge in [-0.2, -0.15) is 0 Å². The maximum Gasteiger partial charge on any atom is 0.253 e. The number of carbonyl (C=O) groups excluding carboxylic acids is 1. The van der Waals surface area contributed by atoms with Crippen molar-refractivity contribution < 1.29 is 9.53 Å². The summed E-state index contributed by atoms with van der Waals surface area (Å²) >= 11 is 0. The number of aryl methyl sites for hydroxylation is 1. The van der Waals surface area contributed by atoms with Crippen LogP contribution >= 0.6 is 0 Å². The average molecular weight is 286 g/mol. The average Bonchev–Trinajstić information content (AvgIpc) is 2.68. The van der Waals surface area contributed by atoms with Crippen molar-refractivity contribution in [2.45, 2.75) is 26.4 Å². The van der Waals surface area contributed by atoms with Crippen molar-refractivity contribution in [3.63, 3.8) is 0 Å². The maximum absolute atomic E-state index is 12.7. The Morgan fingerprint density at radius 1 is 1.48 bits per heavy atom. The highest BCUT2D eigenvalue weighted by molar-refractivity contribution is 5.94. The smallest absolute Gasteiger partial charge is 0.253 e. The number of nitrogens with zero attached hydrogens (tertiary/aromatic N) is 1. The minimum atomic E-state index is 0.0480. The van der Waals surface area contributed by atoms with Crippen molar-refractivity contribution in [3.05, 3.63) is 34.9 Å². The molecule has 1 atom stereocenters. The number of benzene rings is 1. The lowest BCUT2D eigenvalue weighted by Crippen LogP contribution is -2.36. The van der Waals surface area contributed by atoms with Gasteiger partial charge in [-0.1, -0.05) is 11.8 Å². The molecule has 0 bridgehead atoms. The molecule has 1 aromatic carbocycles. The standard InChI is InChI=1S/C17H22N2O2/c1-13-9-15(5-3-6-18)11-16(10-13)17(20)19-7-4-8-21-14(2)12-19/h9-11,14H,4,6-8,12,18H2,1-2H3. The Balaban J connectivity index is 2.23. The topological polar surface area (TPSA) is 55.6 Å². The first-order valence-corrected chi connectivity index (χ1v) is 7.31. The van der Waals surface area contributed by atoms with Gasteiger partial charge in [0.15, 0.2) is 0 Å². The fourth-order valence-electron chi connectivity index (χ4n) is 2.49. The molecule has 1 aliphatic heterocycles. The molecule has 1 amide bonds. The molecule has 1 heterocycles. The van der Waals surface area contributed by atoms with Crippen molar-refractivity contribution in [1.82, 2.24) is 4.90 Å². The largest absolute Gasteiger partial charge is 0.377 e. The van der Waals surface area contributed by atoms with E-state index in [1.54, 1.807) is 0 Å². The Morgan fingerprint density at radius 2 is 2.29 bits per heavy atom.